The largest absolute Gasteiger partial charge is 0.492 e. The van der Waals surface area contributed by atoms with E-state index in [0.717, 1.165) is 31.7 Å². The summed E-state index contributed by atoms with van der Waals surface area (Å²) in [6, 6.07) is 6.47. The van der Waals surface area contributed by atoms with Crippen molar-refractivity contribution >= 4 is 11.6 Å². The number of nitrogens with one attached hydrogen (secondary N) is 1. The molecule has 0 unspecified atom stereocenters. The minimum Gasteiger partial charge on any atom is -0.492 e. The molecule has 2 nitrogen and oxygen atoms in total. The molecule has 1 aromatic carbocycles. The van der Waals surface area contributed by atoms with Gasteiger partial charge in [0.15, 0.2) is 0 Å². The molecule has 18 heavy (non-hydrogen) atoms. The average Bonchev–Trinajstić information content (AvgIpc) is 2.37. The molecule has 0 spiro atoms. The second-order valence-electron chi connectivity index (χ2n) is 4.75. The Morgan fingerprint density at radius 1 is 1.33 bits per heavy atom. The van der Waals surface area contributed by atoms with Crippen molar-refractivity contribution in [3.63, 3.8) is 0 Å². The van der Waals surface area contributed by atoms with Crippen molar-refractivity contribution in [2.45, 2.75) is 46.1 Å². The first-order valence-electron chi connectivity index (χ1n) is 6.75. The van der Waals surface area contributed by atoms with Crippen LogP contribution in [-0.4, -0.2) is 19.2 Å². The number of rotatable bonds is 8. The molecule has 0 aromatic heterocycles. The van der Waals surface area contributed by atoms with E-state index in [9.17, 15) is 0 Å². The van der Waals surface area contributed by atoms with E-state index in [-0.39, 0.29) is 0 Å². The lowest BCUT2D eigenvalue weighted by Crippen LogP contribution is -2.26. The molecule has 0 saturated heterocycles. The molecule has 0 aliphatic rings. The van der Waals surface area contributed by atoms with Gasteiger partial charge < -0.3 is 10.1 Å². The van der Waals surface area contributed by atoms with Crippen LogP contribution in [0.15, 0.2) is 18.2 Å². The zero-order valence-electron chi connectivity index (χ0n) is 11.6. The van der Waals surface area contributed by atoms with Gasteiger partial charge in [0.25, 0.3) is 0 Å². The van der Waals surface area contributed by atoms with Gasteiger partial charge in [-0.25, -0.2) is 0 Å². The molecule has 1 aromatic rings. The maximum Gasteiger partial charge on any atom is 0.138 e. The summed E-state index contributed by atoms with van der Waals surface area (Å²) in [5, 5.41) is 4.16. The maximum atomic E-state index is 6.06. The van der Waals surface area contributed by atoms with Crippen molar-refractivity contribution in [2.24, 2.45) is 0 Å². The Labute approximate surface area is 116 Å². The van der Waals surface area contributed by atoms with Crippen molar-refractivity contribution in [2.75, 3.05) is 13.2 Å². The fourth-order valence-corrected chi connectivity index (χ4v) is 1.80. The van der Waals surface area contributed by atoms with Crippen LogP contribution >= 0.6 is 11.6 Å². The Bertz CT molecular complexity index is 354. The minimum absolute atomic E-state index is 0.608. The molecule has 0 amide bonds. The van der Waals surface area contributed by atoms with Gasteiger partial charge in [-0.05, 0) is 57.4 Å². The molecule has 0 saturated carbocycles. The van der Waals surface area contributed by atoms with Crippen molar-refractivity contribution < 1.29 is 4.74 Å². The standard InChI is InChI=1S/C15H24ClNO/c1-4-13(3)17-9-5-6-10-18-15-11-12(2)7-8-14(15)16/h7-8,11,13,17H,4-6,9-10H2,1-3H3/t13-/m1/s1. The monoisotopic (exact) mass is 269 g/mol. The van der Waals surface area contributed by atoms with Crippen molar-refractivity contribution in [1.29, 1.82) is 0 Å². The van der Waals surface area contributed by atoms with E-state index in [2.05, 4.69) is 19.2 Å². The first-order valence-corrected chi connectivity index (χ1v) is 7.13. The average molecular weight is 270 g/mol. The van der Waals surface area contributed by atoms with E-state index < -0.39 is 0 Å². The molecule has 0 radical (unpaired) electrons. The SMILES string of the molecule is CC[C@@H](C)NCCCCOc1cc(C)ccc1Cl. The number of ether oxygens (including phenoxy) is 1. The molecule has 3 heteroatoms. The molecule has 0 aliphatic heterocycles. The van der Waals surface area contributed by atoms with E-state index in [1.807, 2.05) is 25.1 Å². The number of unbranched alkanes of at least 4 members (excludes halogenated alkanes) is 1. The summed E-state index contributed by atoms with van der Waals surface area (Å²) in [4.78, 5) is 0. The predicted molar refractivity (Wildman–Crippen MR) is 78.7 cm³/mol. The molecule has 0 aliphatic carbocycles. The Hall–Kier alpha value is -0.730. The van der Waals surface area contributed by atoms with Crippen LogP contribution in [0.5, 0.6) is 5.75 Å². The van der Waals surface area contributed by atoms with Gasteiger partial charge in [-0.1, -0.05) is 24.6 Å². The predicted octanol–water partition coefficient (Wildman–Crippen LogP) is 4.20. The number of aryl methyl sites for hydroxylation is 1. The summed E-state index contributed by atoms with van der Waals surface area (Å²) in [5.41, 5.74) is 1.17. The number of halogens is 1. The lowest BCUT2D eigenvalue weighted by molar-refractivity contribution is 0.304. The normalized spacial score (nSPS) is 12.4. The van der Waals surface area contributed by atoms with E-state index in [1.165, 1.54) is 12.0 Å². The van der Waals surface area contributed by atoms with Crippen LogP contribution in [0.3, 0.4) is 0 Å². The summed E-state index contributed by atoms with van der Waals surface area (Å²) in [5.74, 6) is 0.798. The Kier molecular flexibility index (Phi) is 7.14. The summed E-state index contributed by atoms with van der Waals surface area (Å²) in [6.07, 6.45) is 3.36. The highest BCUT2D eigenvalue weighted by Crippen LogP contribution is 2.25. The van der Waals surface area contributed by atoms with Crippen LogP contribution < -0.4 is 10.1 Å². The third kappa shape index (κ3) is 5.74. The second kappa shape index (κ2) is 8.39. The second-order valence-corrected chi connectivity index (χ2v) is 5.16. The Morgan fingerprint density at radius 3 is 2.83 bits per heavy atom. The van der Waals surface area contributed by atoms with Crippen molar-refractivity contribution in [1.82, 2.24) is 5.32 Å². The van der Waals surface area contributed by atoms with Gasteiger partial charge in [-0.3, -0.25) is 0 Å². The van der Waals surface area contributed by atoms with Gasteiger partial charge in [0.2, 0.25) is 0 Å². The van der Waals surface area contributed by atoms with Gasteiger partial charge >= 0.3 is 0 Å². The van der Waals surface area contributed by atoms with Gasteiger partial charge in [0, 0.05) is 6.04 Å². The molecule has 102 valence electrons. The summed E-state index contributed by atoms with van der Waals surface area (Å²) in [7, 11) is 0. The number of hydrogen-bond acceptors (Lipinski definition) is 2. The molecule has 0 bridgehead atoms. The highest BCUT2D eigenvalue weighted by atomic mass is 35.5. The molecule has 0 fully saturated rings. The molecular weight excluding hydrogens is 246 g/mol. The molecule has 1 rings (SSSR count). The first kappa shape index (κ1) is 15.3. The fourth-order valence-electron chi connectivity index (χ4n) is 1.62. The minimum atomic E-state index is 0.608. The Balaban J connectivity index is 2.16. The summed E-state index contributed by atoms with van der Waals surface area (Å²) < 4.78 is 5.69. The smallest absolute Gasteiger partial charge is 0.138 e. The van der Waals surface area contributed by atoms with Crippen LogP contribution in [0.4, 0.5) is 0 Å². The van der Waals surface area contributed by atoms with Crippen LogP contribution in [0.2, 0.25) is 5.02 Å². The highest BCUT2D eigenvalue weighted by molar-refractivity contribution is 6.32. The van der Waals surface area contributed by atoms with Crippen molar-refractivity contribution in [3.05, 3.63) is 28.8 Å². The van der Waals surface area contributed by atoms with Crippen LogP contribution in [0.25, 0.3) is 0 Å². The zero-order chi connectivity index (χ0) is 13.4. The molecule has 0 heterocycles. The van der Waals surface area contributed by atoms with Crippen LogP contribution in [0.1, 0.15) is 38.7 Å². The van der Waals surface area contributed by atoms with Gasteiger partial charge in [-0.2, -0.15) is 0 Å². The number of hydrogen-bond donors (Lipinski definition) is 1. The number of benzene rings is 1. The van der Waals surface area contributed by atoms with E-state index in [1.54, 1.807) is 0 Å². The van der Waals surface area contributed by atoms with Crippen LogP contribution in [-0.2, 0) is 0 Å². The van der Waals surface area contributed by atoms with E-state index >= 15 is 0 Å². The molecule has 1 atom stereocenters. The lowest BCUT2D eigenvalue weighted by atomic mass is 10.2. The third-order valence-electron chi connectivity index (χ3n) is 3.02. The quantitative estimate of drug-likeness (QED) is 0.715. The fraction of sp³-hybridized carbons (Fsp3) is 0.600. The van der Waals surface area contributed by atoms with E-state index in [0.29, 0.717) is 11.1 Å². The van der Waals surface area contributed by atoms with Gasteiger partial charge in [0.1, 0.15) is 5.75 Å². The van der Waals surface area contributed by atoms with E-state index in [4.69, 9.17) is 16.3 Å². The lowest BCUT2D eigenvalue weighted by Gasteiger charge is -2.11. The van der Waals surface area contributed by atoms with Gasteiger partial charge in [0.05, 0.1) is 11.6 Å². The van der Waals surface area contributed by atoms with Gasteiger partial charge in [-0.15, -0.1) is 0 Å². The maximum absolute atomic E-state index is 6.06. The molecule has 1 N–H and O–H groups in total. The zero-order valence-corrected chi connectivity index (χ0v) is 12.4. The third-order valence-corrected chi connectivity index (χ3v) is 3.33. The van der Waals surface area contributed by atoms with Crippen LogP contribution in [0, 0.1) is 6.92 Å². The first-order chi connectivity index (χ1) is 8.63. The molecular formula is C15H24ClNO. The van der Waals surface area contributed by atoms with Crippen molar-refractivity contribution in [3.8, 4) is 5.75 Å². The summed E-state index contributed by atoms with van der Waals surface area (Å²) in [6.45, 7) is 8.23. The highest BCUT2D eigenvalue weighted by Gasteiger charge is 2.01. The summed E-state index contributed by atoms with van der Waals surface area (Å²) >= 11 is 6.06. The topological polar surface area (TPSA) is 21.3 Å². The Morgan fingerprint density at radius 2 is 2.11 bits per heavy atom.